The highest BCUT2D eigenvalue weighted by Crippen LogP contribution is 2.33. The maximum Gasteiger partial charge on any atom is 0.410 e. The summed E-state index contributed by atoms with van der Waals surface area (Å²) in [5.41, 5.74) is 2.59. The van der Waals surface area contributed by atoms with Crippen LogP contribution in [0.15, 0.2) is 29.8 Å². The van der Waals surface area contributed by atoms with Gasteiger partial charge in [-0.2, -0.15) is 0 Å². The number of aliphatic hydroxyl groups is 1. The summed E-state index contributed by atoms with van der Waals surface area (Å²) in [4.78, 5) is 26.6. The second kappa shape index (κ2) is 12.2. The Kier molecular flexibility index (Phi) is 9.39. The van der Waals surface area contributed by atoms with E-state index in [0.717, 1.165) is 61.0 Å². The summed E-state index contributed by atoms with van der Waals surface area (Å²) in [5, 5.41) is 11.9. The number of likely N-dealkylation sites (tertiary alicyclic amines) is 1. The molecule has 0 radical (unpaired) electrons. The molecule has 1 fully saturated rings. The fourth-order valence-electron chi connectivity index (χ4n) is 4.44. The summed E-state index contributed by atoms with van der Waals surface area (Å²) in [6.45, 7) is 8.25. The Morgan fingerprint density at radius 2 is 1.76 bits per heavy atom. The van der Waals surface area contributed by atoms with Crippen molar-refractivity contribution in [3.8, 4) is 5.75 Å². The molecule has 1 heterocycles. The molecular weight excluding hydrogens is 432 g/mol. The summed E-state index contributed by atoms with van der Waals surface area (Å²) >= 11 is 0. The van der Waals surface area contributed by atoms with Crippen LogP contribution < -0.4 is 10.1 Å². The van der Waals surface area contributed by atoms with Crippen molar-refractivity contribution in [1.82, 2.24) is 10.2 Å². The number of benzene rings is 1. The van der Waals surface area contributed by atoms with Gasteiger partial charge in [-0.15, -0.1) is 0 Å². The Bertz CT molecular complexity index is 849. The highest BCUT2D eigenvalue weighted by molar-refractivity contribution is 6.01. The summed E-state index contributed by atoms with van der Waals surface area (Å²) in [5.74, 6) is 1.22. The van der Waals surface area contributed by atoms with E-state index in [4.69, 9.17) is 14.6 Å². The first-order valence-corrected chi connectivity index (χ1v) is 12.6. The average molecular weight is 473 g/mol. The lowest BCUT2D eigenvalue weighted by Gasteiger charge is -2.33. The van der Waals surface area contributed by atoms with Gasteiger partial charge in [-0.25, -0.2) is 4.79 Å². The van der Waals surface area contributed by atoms with E-state index < -0.39 is 5.60 Å². The predicted octanol–water partition coefficient (Wildman–Crippen LogP) is 4.54. The molecule has 1 saturated heterocycles. The van der Waals surface area contributed by atoms with E-state index in [1.54, 1.807) is 4.90 Å². The van der Waals surface area contributed by atoms with Gasteiger partial charge in [0.05, 0.1) is 6.61 Å². The first kappa shape index (κ1) is 26.1. The second-order valence-electron chi connectivity index (χ2n) is 10.2. The summed E-state index contributed by atoms with van der Waals surface area (Å²) in [6.07, 6.45) is 5.95. The number of hydrogen-bond acceptors (Lipinski definition) is 5. The van der Waals surface area contributed by atoms with Gasteiger partial charge in [0.2, 0.25) is 5.91 Å². The normalized spacial score (nSPS) is 17.5. The molecule has 2 N–H and O–H groups in total. The van der Waals surface area contributed by atoms with Crippen molar-refractivity contribution in [1.29, 1.82) is 0 Å². The largest absolute Gasteiger partial charge is 0.493 e. The fraction of sp³-hybridized carbons (Fsp3) is 0.630. The summed E-state index contributed by atoms with van der Waals surface area (Å²) in [7, 11) is 0. The van der Waals surface area contributed by atoms with Crippen LogP contribution in [0.1, 0.15) is 71.3 Å². The molecule has 2 amide bonds. The van der Waals surface area contributed by atoms with E-state index >= 15 is 0 Å². The van der Waals surface area contributed by atoms with Gasteiger partial charge in [-0.3, -0.25) is 4.79 Å². The molecule has 0 spiro atoms. The molecule has 3 rings (SSSR count). The molecule has 7 heteroatoms. The number of nitrogens with one attached hydrogen (secondary N) is 1. The van der Waals surface area contributed by atoms with Crippen LogP contribution in [0.4, 0.5) is 4.79 Å². The number of piperidine rings is 1. The molecule has 0 unspecified atom stereocenters. The number of ether oxygens (including phenoxy) is 2. The molecular formula is C27H40N2O5. The zero-order valence-electron chi connectivity index (χ0n) is 20.9. The van der Waals surface area contributed by atoms with Crippen molar-refractivity contribution in [2.24, 2.45) is 5.92 Å². The van der Waals surface area contributed by atoms with Crippen LogP contribution in [0, 0.1) is 5.92 Å². The highest BCUT2D eigenvalue weighted by Gasteiger charge is 2.27. The molecule has 7 nitrogen and oxygen atoms in total. The molecule has 1 aromatic rings. The number of nitrogens with zero attached hydrogens (tertiary/aromatic N) is 1. The number of carbonyl (C=O) groups excluding carboxylic acids is 2. The van der Waals surface area contributed by atoms with Gasteiger partial charge < -0.3 is 24.8 Å². The standard InChI is InChI=1S/C27H40N2O5/c1-27(2,3)34-26(32)29-16-13-20(14-17-29)19-33-22-11-9-21(10-12-22)23-7-4-5-8-24(23)25(31)28-15-6-18-30/h9-12,20,30H,4-8,13-19H2,1-3H3,(H,28,31). The summed E-state index contributed by atoms with van der Waals surface area (Å²) in [6, 6.07) is 8.05. The van der Waals surface area contributed by atoms with Gasteiger partial charge in [0.15, 0.2) is 0 Å². The lowest BCUT2D eigenvalue weighted by Crippen LogP contribution is -2.42. The van der Waals surface area contributed by atoms with E-state index in [9.17, 15) is 9.59 Å². The van der Waals surface area contributed by atoms with Crippen LogP contribution in [0.2, 0.25) is 0 Å². The third-order valence-corrected chi connectivity index (χ3v) is 6.32. The number of amides is 2. The number of carbonyl (C=O) groups is 2. The SMILES string of the molecule is CC(C)(C)OC(=O)N1CCC(COc2ccc(C3=C(C(=O)NCCCO)CCCC3)cc2)CC1. The van der Waals surface area contributed by atoms with Crippen LogP contribution in [0.25, 0.3) is 5.57 Å². The van der Waals surface area contributed by atoms with Crippen molar-refractivity contribution in [2.45, 2.75) is 71.3 Å². The Hall–Kier alpha value is -2.54. The van der Waals surface area contributed by atoms with Crippen LogP contribution >= 0.6 is 0 Å². The van der Waals surface area contributed by atoms with E-state index in [2.05, 4.69) is 5.32 Å². The second-order valence-corrected chi connectivity index (χ2v) is 10.2. The van der Waals surface area contributed by atoms with Gasteiger partial charge in [0, 0.05) is 31.8 Å². The lowest BCUT2D eigenvalue weighted by atomic mass is 9.87. The van der Waals surface area contributed by atoms with Gasteiger partial charge in [-0.1, -0.05) is 12.1 Å². The van der Waals surface area contributed by atoms with E-state index in [0.29, 0.717) is 38.6 Å². The molecule has 1 aromatic carbocycles. The van der Waals surface area contributed by atoms with E-state index in [1.165, 1.54) is 0 Å². The smallest absolute Gasteiger partial charge is 0.410 e. The molecule has 2 aliphatic rings. The Morgan fingerprint density at radius 1 is 1.09 bits per heavy atom. The average Bonchev–Trinajstić information content (AvgIpc) is 2.82. The van der Waals surface area contributed by atoms with E-state index in [-0.39, 0.29) is 18.6 Å². The van der Waals surface area contributed by atoms with Gasteiger partial charge in [-0.05, 0) is 94.9 Å². The number of aliphatic hydroxyl groups excluding tert-OH is 1. The van der Waals surface area contributed by atoms with Crippen LogP contribution in [-0.2, 0) is 9.53 Å². The van der Waals surface area contributed by atoms with Crippen LogP contribution in [0.3, 0.4) is 0 Å². The maximum atomic E-state index is 12.6. The topological polar surface area (TPSA) is 88.1 Å². The van der Waals surface area contributed by atoms with Crippen molar-refractivity contribution in [3.05, 3.63) is 35.4 Å². The van der Waals surface area contributed by atoms with Crippen molar-refractivity contribution >= 4 is 17.6 Å². The van der Waals surface area contributed by atoms with Gasteiger partial charge in [0.25, 0.3) is 0 Å². The molecule has 0 aromatic heterocycles. The molecule has 0 saturated carbocycles. The lowest BCUT2D eigenvalue weighted by molar-refractivity contribution is -0.117. The predicted molar refractivity (Wildman–Crippen MR) is 133 cm³/mol. The molecule has 188 valence electrons. The third kappa shape index (κ3) is 7.76. The van der Waals surface area contributed by atoms with Crippen LogP contribution in [0.5, 0.6) is 5.75 Å². The zero-order chi connectivity index (χ0) is 24.6. The number of allylic oxidation sites excluding steroid dienone is 1. The Labute approximate surface area is 203 Å². The highest BCUT2D eigenvalue weighted by atomic mass is 16.6. The minimum absolute atomic E-state index is 0.0128. The van der Waals surface area contributed by atoms with Crippen LogP contribution in [-0.4, -0.2) is 60.5 Å². The minimum Gasteiger partial charge on any atom is -0.493 e. The fourth-order valence-corrected chi connectivity index (χ4v) is 4.44. The first-order valence-electron chi connectivity index (χ1n) is 12.6. The van der Waals surface area contributed by atoms with Crippen molar-refractivity contribution in [3.63, 3.8) is 0 Å². The molecule has 0 atom stereocenters. The Balaban J connectivity index is 1.51. The van der Waals surface area contributed by atoms with Gasteiger partial charge in [0.1, 0.15) is 11.4 Å². The first-order chi connectivity index (χ1) is 16.3. The van der Waals surface area contributed by atoms with Crippen molar-refractivity contribution < 1.29 is 24.2 Å². The zero-order valence-corrected chi connectivity index (χ0v) is 20.9. The van der Waals surface area contributed by atoms with E-state index in [1.807, 2.05) is 45.0 Å². The summed E-state index contributed by atoms with van der Waals surface area (Å²) < 4.78 is 11.5. The molecule has 1 aliphatic heterocycles. The number of hydrogen-bond donors (Lipinski definition) is 2. The van der Waals surface area contributed by atoms with Crippen molar-refractivity contribution in [2.75, 3.05) is 32.8 Å². The third-order valence-electron chi connectivity index (χ3n) is 6.32. The van der Waals surface area contributed by atoms with Gasteiger partial charge >= 0.3 is 6.09 Å². The molecule has 1 aliphatic carbocycles. The monoisotopic (exact) mass is 472 g/mol. The quantitative estimate of drug-likeness (QED) is 0.543. The number of rotatable bonds is 8. The molecule has 34 heavy (non-hydrogen) atoms. The minimum atomic E-state index is -0.471. The molecule has 0 bridgehead atoms. The Morgan fingerprint density at radius 3 is 2.41 bits per heavy atom. The maximum absolute atomic E-state index is 12.6.